The second kappa shape index (κ2) is 5.35. The van der Waals surface area contributed by atoms with Crippen LogP contribution in [-0.4, -0.2) is 36.6 Å². The van der Waals surface area contributed by atoms with Crippen molar-refractivity contribution in [1.29, 1.82) is 5.41 Å². The van der Waals surface area contributed by atoms with Crippen LogP contribution in [0.5, 0.6) is 0 Å². The second-order valence-electron chi connectivity index (χ2n) is 4.57. The predicted molar refractivity (Wildman–Crippen MR) is 72.2 cm³/mol. The molecule has 1 atom stereocenters. The molecule has 0 bridgehead atoms. The maximum atomic E-state index is 7.74. The molecule has 5 heteroatoms. The van der Waals surface area contributed by atoms with Crippen LogP contribution in [0.25, 0.3) is 0 Å². The Morgan fingerprint density at radius 2 is 2.44 bits per heavy atom. The van der Waals surface area contributed by atoms with Crippen molar-refractivity contribution < 1.29 is 4.74 Å². The van der Waals surface area contributed by atoms with Crippen molar-refractivity contribution in [2.75, 3.05) is 24.7 Å². The minimum atomic E-state index is 0.0805. The minimum absolute atomic E-state index is 0.0805. The molecule has 2 rings (SSSR count). The SMILES string of the molecule is CCC1COCCN1c1nccc(C)c1C(=N)N. The van der Waals surface area contributed by atoms with Crippen LogP contribution in [0.4, 0.5) is 5.82 Å². The molecule has 98 valence electrons. The topological polar surface area (TPSA) is 75.2 Å². The molecular formula is C13H20N4O. The lowest BCUT2D eigenvalue weighted by Crippen LogP contribution is -2.46. The van der Waals surface area contributed by atoms with Crippen LogP contribution in [0, 0.1) is 12.3 Å². The summed E-state index contributed by atoms with van der Waals surface area (Å²) in [6.45, 7) is 6.31. The molecule has 1 aliphatic heterocycles. The maximum absolute atomic E-state index is 7.74. The van der Waals surface area contributed by atoms with E-state index in [0.29, 0.717) is 19.3 Å². The van der Waals surface area contributed by atoms with Gasteiger partial charge in [0.25, 0.3) is 0 Å². The van der Waals surface area contributed by atoms with E-state index in [1.807, 2.05) is 13.0 Å². The van der Waals surface area contributed by atoms with Gasteiger partial charge in [0, 0.05) is 12.7 Å². The van der Waals surface area contributed by atoms with Gasteiger partial charge in [0.05, 0.1) is 24.8 Å². The van der Waals surface area contributed by atoms with E-state index in [9.17, 15) is 0 Å². The van der Waals surface area contributed by atoms with Gasteiger partial charge in [-0.3, -0.25) is 5.41 Å². The number of aromatic nitrogens is 1. The summed E-state index contributed by atoms with van der Waals surface area (Å²) in [4.78, 5) is 6.65. The number of morpholine rings is 1. The molecule has 2 heterocycles. The van der Waals surface area contributed by atoms with Crippen molar-refractivity contribution in [1.82, 2.24) is 4.98 Å². The van der Waals surface area contributed by atoms with E-state index in [2.05, 4.69) is 16.8 Å². The Morgan fingerprint density at radius 1 is 1.67 bits per heavy atom. The van der Waals surface area contributed by atoms with Crippen LogP contribution < -0.4 is 10.6 Å². The molecule has 0 saturated carbocycles. The van der Waals surface area contributed by atoms with Gasteiger partial charge in [-0.15, -0.1) is 0 Å². The first kappa shape index (κ1) is 12.8. The molecule has 1 saturated heterocycles. The fraction of sp³-hybridized carbons (Fsp3) is 0.538. The van der Waals surface area contributed by atoms with Crippen LogP contribution in [-0.2, 0) is 4.74 Å². The Morgan fingerprint density at radius 3 is 3.11 bits per heavy atom. The molecule has 0 radical (unpaired) electrons. The Hall–Kier alpha value is -1.62. The number of hydrogen-bond acceptors (Lipinski definition) is 4. The number of nitrogens with two attached hydrogens (primary N) is 1. The first-order valence-electron chi connectivity index (χ1n) is 6.29. The number of rotatable bonds is 3. The quantitative estimate of drug-likeness (QED) is 0.624. The summed E-state index contributed by atoms with van der Waals surface area (Å²) in [6.07, 6.45) is 2.77. The first-order valence-corrected chi connectivity index (χ1v) is 6.29. The molecule has 1 fully saturated rings. The number of aryl methyl sites for hydroxylation is 1. The Labute approximate surface area is 107 Å². The lowest BCUT2D eigenvalue weighted by Gasteiger charge is -2.37. The number of amidine groups is 1. The molecule has 1 aliphatic rings. The van der Waals surface area contributed by atoms with Gasteiger partial charge in [0.2, 0.25) is 0 Å². The van der Waals surface area contributed by atoms with Gasteiger partial charge in [0.15, 0.2) is 0 Å². The summed E-state index contributed by atoms with van der Waals surface area (Å²) in [6, 6.07) is 2.20. The zero-order valence-electron chi connectivity index (χ0n) is 10.9. The fourth-order valence-corrected chi connectivity index (χ4v) is 2.37. The molecule has 18 heavy (non-hydrogen) atoms. The van der Waals surface area contributed by atoms with Crippen LogP contribution >= 0.6 is 0 Å². The Balaban J connectivity index is 2.42. The van der Waals surface area contributed by atoms with Gasteiger partial charge in [-0.2, -0.15) is 0 Å². The number of pyridine rings is 1. The maximum Gasteiger partial charge on any atom is 0.140 e. The Kier molecular flexibility index (Phi) is 3.81. The smallest absolute Gasteiger partial charge is 0.140 e. The normalized spacial score (nSPS) is 19.9. The van der Waals surface area contributed by atoms with E-state index < -0.39 is 0 Å². The summed E-state index contributed by atoms with van der Waals surface area (Å²) < 4.78 is 5.50. The molecule has 1 aromatic rings. The van der Waals surface area contributed by atoms with Crippen LogP contribution in [0.1, 0.15) is 24.5 Å². The van der Waals surface area contributed by atoms with E-state index in [0.717, 1.165) is 29.9 Å². The summed E-state index contributed by atoms with van der Waals surface area (Å²) in [7, 11) is 0. The molecule has 5 nitrogen and oxygen atoms in total. The number of nitrogens with one attached hydrogen (secondary N) is 1. The first-order chi connectivity index (χ1) is 8.65. The lowest BCUT2D eigenvalue weighted by atomic mass is 10.1. The summed E-state index contributed by atoms with van der Waals surface area (Å²) in [5, 5.41) is 7.74. The zero-order chi connectivity index (χ0) is 13.1. The van der Waals surface area contributed by atoms with E-state index in [1.165, 1.54) is 0 Å². The van der Waals surface area contributed by atoms with Crippen molar-refractivity contribution in [3.63, 3.8) is 0 Å². The van der Waals surface area contributed by atoms with Crippen molar-refractivity contribution >= 4 is 11.7 Å². The van der Waals surface area contributed by atoms with Crippen molar-refractivity contribution in [2.45, 2.75) is 26.3 Å². The lowest BCUT2D eigenvalue weighted by molar-refractivity contribution is 0.0925. The third-order valence-electron chi connectivity index (χ3n) is 3.38. The molecule has 0 aromatic carbocycles. The minimum Gasteiger partial charge on any atom is -0.384 e. The second-order valence-corrected chi connectivity index (χ2v) is 4.57. The molecule has 0 aliphatic carbocycles. The fourth-order valence-electron chi connectivity index (χ4n) is 2.37. The largest absolute Gasteiger partial charge is 0.384 e. The highest BCUT2D eigenvalue weighted by Crippen LogP contribution is 2.25. The van der Waals surface area contributed by atoms with Crippen LogP contribution in [0.15, 0.2) is 12.3 Å². The highest BCUT2D eigenvalue weighted by molar-refractivity contribution is 6.01. The summed E-state index contributed by atoms with van der Waals surface area (Å²) >= 11 is 0. The summed E-state index contributed by atoms with van der Waals surface area (Å²) in [5.41, 5.74) is 7.44. The Bertz CT molecular complexity index is 447. The molecule has 0 spiro atoms. The molecular weight excluding hydrogens is 228 g/mol. The highest BCUT2D eigenvalue weighted by atomic mass is 16.5. The van der Waals surface area contributed by atoms with Crippen molar-refractivity contribution in [3.8, 4) is 0 Å². The predicted octanol–water partition coefficient (Wildman–Crippen LogP) is 1.29. The molecule has 0 amide bonds. The van der Waals surface area contributed by atoms with Gasteiger partial charge < -0.3 is 15.4 Å². The van der Waals surface area contributed by atoms with Crippen LogP contribution in [0.2, 0.25) is 0 Å². The number of ether oxygens (including phenoxy) is 1. The molecule has 1 unspecified atom stereocenters. The monoisotopic (exact) mass is 248 g/mol. The number of nitrogens with zero attached hydrogens (tertiary/aromatic N) is 2. The summed E-state index contributed by atoms with van der Waals surface area (Å²) in [5.74, 6) is 0.898. The van der Waals surface area contributed by atoms with Crippen LogP contribution in [0.3, 0.4) is 0 Å². The standard InChI is InChI=1S/C13H20N4O/c1-3-10-8-18-7-6-17(10)13-11(12(14)15)9(2)4-5-16-13/h4-5,10H,3,6-8H2,1-2H3,(H3,14,15). The van der Waals surface area contributed by atoms with Gasteiger partial charge in [-0.25, -0.2) is 4.98 Å². The average Bonchev–Trinajstić information content (AvgIpc) is 2.38. The zero-order valence-corrected chi connectivity index (χ0v) is 10.9. The number of nitrogen functional groups attached to an aromatic ring is 1. The third-order valence-corrected chi connectivity index (χ3v) is 3.38. The number of hydrogen-bond donors (Lipinski definition) is 2. The van der Waals surface area contributed by atoms with Gasteiger partial charge >= 0.3 is 0 Å². The molecule has 3 N–H and O–H groups in total. The van der Waals surface area contributed by atoms with Gasteiger partial charge in [0.1, 0.15) is 11.7 Å². The third kappa shape index (κ3) is 2.31. The molecule has 1 aromatic heterocycles. The average molecular weight is 248 g/mol. The van der Waals surface area contributed by atoms with Crippen molar-refractivity contribution in [2.24, 2.45) is 5.73 Å². The van der Waals surface area contributed by atoms with E-state index >= 15 is 0 Å². The van der Waals surface area contributed by atoms with E-state index in [-0.39, 0.29) is 5.84 Å². The number of anilines is 1. The van der Waals surface area contributed by atoms with Gasteiger partial charge in [-0.05, 0) is 25.0 Å². The van der Waals surface area contributed by atoms with E-state index in [4.69, 9.17) is 15.9 Å². The van der Waals surface area contributed by atoms with E-state index in [1.54, 1.807) is 6.20 Å². The van der Waals surface area contributed by atoms with Crippen molar-refractivity contribution in [3.05, 3.63) is 23.4 Å². The highest BCUT2D eigenvalue weighted by Gasteiger charge is 2.25. The van der Waals surface area contributed by atoms with Gasteiger partial charge in [-0.1, -0.05) is 6.92 Å².